The first-order chi connectivity index (χ1) is 39.5. The summed E-state index contributed by atoms with van der Waals surface area (Å²) in [6, 6.07) is 42.3. The molecule has 418 valence electrons. The number of nitrogens with zero attached hydrogens (tertiary/aromatic N) is 4. The number of nitrogens with one attached hydrogen (secondary N) is 2. The average Bonchev–Trinajstić information content (AvgIpc) is 4.55. The molecule has 2 N–H and O–H groups in total. The van der Waals surface area contributed by atoms with Gasteiger partial charge >= 0.3 is 0 Å². The van der Waals surface area contributed by atoms with Crippen molar-refractivity contribution in [1.82, 2.24) is 18.7 Å². The fourth-order valence-electron chi connectivity index (χ4n) is 14.6. The molecule has 0 atom stereocenters. The largest absolute Gasteiger partial charge is 0.354 e. The van der Waals surface area contributed by atoms with Crippen LogP contribution in [0.3, 0.4) is 0 Å². The van der Waals surface area contributed by atoms with Crippen LogP contribution in [0.2, 0.25) is 0 Å². The standard InChI is InChI=1S/C72H88N6S2/c1-5-9-13-17-21-29-45-71(46-30-22-18-14-10-6-2)57-35-27-25-33-53(57)55-39-37-51(49-59(55)71)61-41-43-63(73-61)65-67-69(77-79-75-67)66(70-68(65)76-80-78-70)64-44-42-62(74-64)52-38-40-56-54-34-26-28-36-58(54)72(60(56)50-52,47-31-23-19-15-11-7-3)48-32-24-20-16-12-8-4/h25-28,33-44,49-50,73-74H,5-24,29-32,45-48H2,1-4H3. The molecule has 0 saturated heterocycles. The van der Waals surface area contributed by atoms with Crippen LogP contribution in [-0.4, -0.2) is 18.7 Å². The number of aromatic nitrogens is 4. The number of H-pyrrole nitrogens is 2. The van der Waals surface area contributed by atoms with Gasteiger partial charge < -0.3 is 9.97 Å². The summed E-state index contributed by atoms with van der Waals surface area (Å²) in [6.45, 7) is 9.27. The van der Waals surface area contributed by atoms with Gasteiger partial charge in [-0.25, -0.2) is 0 Å². The molecule has 3 aromatic heterocycles. The first kappa shape index (κ1) is 56.2. The average molecular weight is 1100 g/mol. The lowest BCUT2D eigenvalue weighted by Gasteiger charge is -2.33. The van der Waals surface area contributed by atoms with E-state index < -0.39 is 0 Å². The van der Waals surface area contributed by atoms with E-state index in [0.717, 1.165) is 56.3 Å². The van der Waals surface area contributed by atoms with Crippen molar-refractivity contribution in [3.05, 3.63) is 131 Å². The zero-order chi connectivity index (χ0) is 54.7. The Morgan fingerprint density at radius 2 is 0.688 bits per heavy atom. The summed E-state index contributed by atoms with van der Waals surface area (Å²) in [4.78, 5) is 7.85. The molecule has 80 heavy (non-hydrogen) atoms. The van der Waals surface area contributed by atoms with Crippen LogP contribution in [0.5, 0.6) is 0 Å². The third-order valence-electron chi connectivity index (χ3n) is 18.8. The molecular formula is C72H88N6S2. The molecule has 0 unspecified atom stereocenters. The summed E-state index contributed by atoms with van der Waals surface area (Å²) in [5.74, 6) is 0. The summed E-state index contributed by atoms with van der Waals surface area (Å²) in [6.07, 6.45) is 36.4. The number of rotatable bonds is 32. The van der Waals surface area contributed by atoms with E-state index in [-0.39, 0.29) is 10.8 Å². The maximum Gasteiger partial charge on any atom is 0.117 e. The lowest BCUT2D eigenvalue weighted by Crippen LogP contribution is -2.25. The molecule has 0 amide bonds. The van der Waals surface area contributed by atoms with E-state index in [9.17, 15) is 0 Å². The van der Waals surface area contributed by atoms with Crippen molar-refractivity contribution in [3.63, 3.8) is 0 Å². The van der Waals surface area contributed by atoms with E-state index in [1.54, 1.807) is 11.1 Å². The minimum atomic E-state index is 0.0225. The van der Waals surface area contributed by atoms with Crippen molar-refractivity contribution in [2.24, 2.45) is 8.73 Å². The van der Waals surface area contributed by atoms with E-state index in [1.807, 2.05) is 0 Å². The topological polar surface area (TPSA) is 82.1 Å². The quantitative estimate of drug-likeness (QED) is 0.0412. The fourth-order valence-corrected chi connectivity index (χ4v) is 15.7. The SMILES string of the molecule is CCCCCCCCC1(CCCCCCCC)c2ccccc2-c2ccc(-c3ccc(-c4c5c(c(-c6ccc(-c7ccc8c(c7)C(CCCCCCCC)(CCCCCCCC)c7ccccc7-8)[nH]6)c6nsnc46)N=S=N5)[nH]3)cc21. The molecule has 5 aromatic carbocycles. The van der Waals surface area contributed by atoms with E-state index in [1.165, 1.54) is 247 Å². The normalized spacial score (nSPS) is 14.2. The summed E-state index contributed by atoms with van der Waals surface area (Å²) in [7, 11) is 0. The molecule has 0 fully saturated rings. The van der Waals surface area contributed by atoms with E-state index in [2.05, 4.69) is 147 Å². The number of fused-ring (bicyclic) bond motifs is 8. The molecular weight excluding hydrogens is 1010 g/mol. The molecule has 2 aliphatic carbocycles. The predicted molar refractivity (Wildman–Crippen MR) is 344 cm³/mol. The Bertz CT molecular complexity index is 3180. The molecule has 6 nitrogen and oxygen atoms in total. The second-order valence-electron chi connectivity index (χ2n) is 24.1. The predicted octanol–water partition coefficient (Wildman–Crippen LogP) is 23.3. The summed E-state index contributed by atoms with van der Waals surface area (Å²) < 4.78 is 20.2. The monoisotopic (exact) mass is 1100 g/mol. The molecule has 4 heterocycles. The smallest absolute Gasteiger partial charge is 0.117 e. The zero-order valence-electron chi connectivity index (χ0n) is 48.8. The van der Waals surface area contributed by atoms with Crippen molar-refractivity contribution in [3.8, 4) is 67.3 Å². The second-order valence-corrected chi connectivity index (χ2v) is 25.1. The third kappa shape index (κ3) is 11.3. The Balaban J connectivity index is 0.903. The van der Waals surface area contributed by atoms with Gasteiger partial charge in [0.1, 0.15) is 22.4 Å². The summed E-state index contributed by atoms with van der Waals surface area (Å²) in [5.41, 5.74) is 23.9. The van der Waals surface area contributed by atoms with Crippen molar-refractivity contribution in [1.29, 1.82) is 0 Å². The van der Waals surface area contributed by atoms with Crippen LogP contribution in [0, 0.1) is 0 Å². The Morgan fingerprint density at radius 3 is 1.07 bits per heavy atom. The van der Waals surface area contributed by atoms with E-state index in [0.29, 0.717) is 0 Å². The zero-order valence-corrected chi connectivity index (χ0v) is 50.4. The van der Waals surface area contributed by atoms with Crippen molar-refractivity contribution in [2.75, 3.05) is 0 Å². The number of unbranched alkanes of at least 4 members (excludes halogenated alkanes) is 20. The number of hydrogen-bond acceptors (Lipinski definition) is 5. The Morgan fingerprint density at radius 1 is 0.350 bits per heavy atom. The van der Waals surface area contributed by atoms with Crippen LogP contribution in [0.4, 0.5) is 11.4 Å². The fraction of sp³-hybridized carbons (Fsp3) is 0.472. The van der Waals surface area contributed by atoms with Gasteiger partial charge in [0.15, 0.2) is 0 Å². The van der Waals surface area contributed by atoms with Gasteiger partial charge in [-0.1, -0.05) is 255 Å². The molecule has 8 heteroatoms. The Labute approximate surface area is 487 Å². The van der Waals surface area contributed by atoms with Gasteiger partial charge in [0, 0.05) is 22.2 Å². The molecule has 0 spiro atoms. The lowest BCUT2D eigenvalue weighted by molar-refractivity contribution is 0.398. The maximum absolute atomic E-state index is 5.05. The maximum atomic E-state index is 5.05. The van der Waals surface area contributed by atoms with E-state index in [4.69, 9.17) is 17.5 Å². The molecule has 0 saturated carbocycles. The number of benzene rings is 5. The Kier molecular flexibility index (Phi) is 18.6. The summed E-state index contributed by atoms with van der Waals surface area (Å²) in [5, 5.41) is 0. The van der Waals surface area contributed by atoms with E-state index >= 15 is 0 Å². The second kappa shape index (κ2) is 26.5. The number of hydrogen-bond donors (Lipinski definition) is 2. The van der Waals surface area contributed by atoms with Crippen LogP contribution >= 0.6 is 11.7 Å². The van der Waals surface area contributed by atoms with Crippen molar-refractivity contribution < 1.29 is 0 Å². The Hall–Kier alpha value is -5.70. The molecule has 0 bridgehead atoms. The van der Waals surface area contributed by atoms with Gasteiger partial charge in [0.25, 0.3) is 0 Å². The van der Waals surface area contributed by atoms with Gasteiger partial charge in [0.2, 0.25) is 0 Å². The highest BCUT2D eigenvalue weighted by Crippen LogP contribution is 2.58. The molecule has 3 aliphatic rings. The molecule has 8 aromatic rings. The van der Waals surface area contributed by atoms with Gasteiger partial charge in [-0.2, -0.15) is 17.5 Å². The van der Waals surface area contributed by atoms with Crippen LogP contribution in [0.15, 0.2) is 118 Å². The van der Waals surface area contributed by atoms with Crippen molar-refractivity contribution in [2.45, 2.75) is 218 Å². The van der Waals surface area contributed by atoms with Gasteiger partial charge in [-0.3, -0.25) is 0 Å². The molecule has 11 rings (SSSR count). The number of aromatic amines is 2. The van der Waals surface area contributed by atoms with Gasteiger partial charge in [-0.05, 0) is 118 Å². The highest BCUT2D eigenvalue weighted by Gasteiger charge is 2.44. The third-order valence-corrected chi connectivity index (χ3v) is 19.9. The first-order valence-corrected chi connectivity index (χ1v) is 33.3. The summed E-state index contributed by atoms with van der Waals surface area (Å²) >= 11 is 2.54. The molecule has 1 aliphatic heterocycles. The van der Waals surface area contributed by atoms with Gasteiger partial charge in [-0.15, -0.1) is 0 Å². The lowest BCUT2D eigenvalue weighted by atomic mass is 9.70. The van der Waals surface area contributed by atoms with Crippen LogP contribution in [0.25, 0.3) is 78.3 Å². The van der Waals surface area contributed by atoms with Gasteiger partial charge in [0.05, 0.1) is 45.6 Å². The van der Waals surface area contributed by atoms with Crippen LogP contribution in [-0.2, 0) is 22.2 Å². The van der Waals surface area contributed by atoms with Crippen LogP contribution < -0.4 is 0 Å². The highest BCUT2D eigenvalue weighted by molar-refractivity contribution is 7.58. The molecule has 0 radical (unpaired) electrons. The van der Waals surface area contributed by atoms with Crippen molar-refractivity contribution >= 4 is 45.5 Å². The first-order valence-electron chi connectivity index (χ1n) is 31.8. The minimum Gasteiger partial charge on any atom is -0.354 e. The van der Waals surface area contributed by atoms with Crippen LogP contribution in [0.1, 0.15) is 230 Å². The highest BCUT2D eigenvalue weighted by atomic mass is 32.1. The minimum absolute atomic E-state index is 0.0225.